The average molecular weight is 334 g/mol. The highest BCUT2D eigenvalue weighted by molar-refractivity contribution is 5.94. The first-order valence-electron chi connectivity index (χ1n) is 8.48. The molecule has 0 unspecified atom stereocenters. The standard InChI is InChI=1S/C21H22N2O2/c1-15-13-19(17-5-3-2-4-6-17)14-23(15)20(24)12-9-16-7-10-18(11-8-16)21(22)25/h2-12,15,19H,13-14H2,1H3,(H2,22,25)/b12-9+/t15-,19+/m0/s1. The summed E-state index contributed by atoms with van der Waals surface area (Å²) in [7, 11) is 0. The molecule has 0 aliphatic carbocycles. The molecule has 2 aromatic carbocycles. The summed E-state index contributed by atoms with van der Waals surface area (Å²) < 4.78 is 0. The van der Waals surface area contributed by atoms with Crippen molar-refractivity contribution < 1.29 is 9.59 Å². The van der Waals surface area contributed by atoms with Crippen LogP contribution in [0.5, 0.6) is 0 Å². The van der Waals surface area contributed by atoms with Gasteiger partial charge in [0.05, 0.1) is 0 Å². The van der Waals surface area contributed by atoms with Gasteiger partial charge in [-0.2, -0.15) is 0 Å². The summed E-state index contributed by atoms with van der Waals surface area (Å²) in [6.45, 7) is 2.84. The summed E-state index contributed by atoms with van der Waals surface area (Å²) in [5.74, 6) is -0.0437. The molecule has 1 aliphatic heterocycles. The normalized spacial score (nSPS) is 20.1. The lowest BCUT2D eigenvalue weighted by atomic mass is 9.97. The first kappa shape index (κ1) is 17.0. The van der Waals surface area contributed by atoms with E-state index in [0.29, 0.717) is 11.5 Å². The zero-order valence-corrected chi connectivity index (χ0v) is 14.3. The average Bonchev–Trinajstić information content (AvgIpc) is 3.02. The maximum atomic E-state index is 12.5. The Morgan fingerprint density at radius 2 is 1.76 bits per heavy atom. The highest BCUT2D eigenvalue weighted by Gasteiger charge is 2.31. The molecule has 1 heterocycles. The van der Waals surface area contributed by atoms with Crippen LogP contribution >= 0.6 is 0 Å². The van der Waals surface area contributed by atoms with E-state index < -0.39 is 5.91 Å². The summed E-state index contributed by atoms with van der Waals surface area (Å²) in [6, 6.07) is 17.5. The van der Waals surface area contributed by atoms with Gasteiger partial charge < -0.3 is 10.6 Å². The van der Waals surface area contributed by atoms with Crippen molar-refractivity contribution in [3.05, 3.63) is 77.4 Å². The van der Waals surface area contributed by atoms with Gasteiger partial charge in [-0.3, -0.25) is 9.59 Å². The molecule has 0 radical (unpaired) electrons. The van der Waals surface area contributed by atoms with Crippen molar-refractivity contribution in [1.29, 1.82) is 0 Å². The van der Waals surface area contributed by atoms with Crippen molar-refractivity contribution in [3.8, 4) is 0 Å². The Kier molecular flexibility index (Phi) is 4.98. The number of nitrogens with two attached hydrogens (primary N) is 1. The van der Waals surface area contributed by atoms with Crippen molar-refractivity contribution in [2.24, 2.45) is 5.73 Å². The smallest absolute Gasteiger partial charge is 0.248 e. The van der Waals surface area contributed by atoms with Gasteiger partial charge in [0, 0.05) is 30.1 Å². The molecule has 4 heteroatoms. The van der Waals surface area contributed by atoms with Crippen LogP contribution in [0.1, 0.15) is 40.7 Å². The molecule has 128 valence electrons. The van der Waals surface area contributed by atoms with Crippen molar-refractivity contribution in [3.63, 3.8) is 0 Å². The third-order valence-electron chi connectivity index (χ3n) is 4.74. The van der Waals surface area contributed by atoms with Crippen LogP contribution in [0, 0.1) is 0 Å². The predicted octanol–water partition coefficient (Wildman–Crippen LogP) is 3.20. The van der Waals surface area contributed by atoms with E-state index in [1.54, 1.807) is 36.4 Å². The summed E-state index contributed by atoms with van der Waals surface area (Å²) in [5.41, 5.74) is 7.84. The second-order valence-electron chi connectivity index (χ2n) is 6.50. The van der Waals surface area contributed by atoms with Gasteiger partial charge in [0.15, 0.2) is 0 Å². The lowest BCUT2D eigenvalue weighted by Gasteiger charge is -2.19. The van der Waals surface area contributed by atoms with Gasteiger partial charge in [-0.25, -0.2) is 0 Å². The topological polar surface area (TPSA) is 63.4 Å². The maximum absolute atomic E-state index is 12.5. The number of hydrogen-bond acceptors (Lipinski definition) is 2. The monoisotopic (exact) mass is 334 g/mol. The highest BCUT2D eigenvalue weighted by atomic mass is 16.2. The molecule has 1 saturated heterocycles. The quantitative estimate of drug-likeness (QED) is 0.873. The highest BCUT2D eigenvalue weighted by Crippen LogP contribution is 2.31. The molecular weight excluding hydrogens is 312 g/mol. The van der Waals surface area contributed by atoms with Crippen LogP contribution in [-0.4, -0.2) is 29.3 Å². The Balaban J connectivity index is 1.65. The SMILES string of the molecule is C[C@H]1C[C@@H](c2ccccc2)CN1C(=O)/C=C/c1ccc(C(N)=O)cc1. The molecule has 3 rings (SSSR count). The van der Waals surface area contributed by atoms with E-state index in [4.69, 9.17) is 5.73 Å². The van der Waals surface area contributed by atoms with Crippen molar-refractivity contribution >= 4 is 17.9 Å². The molecule has 2 N–H and O–H groups in total. The van der Waals surface area contributed by atoms with E-state index in [1.807, 2.05) is 23.1 Å². The second-order valence-corrected chi connectivity index (χ2v) is 6.50. The van der Waals surface area contributed by atoms with Gasteiger partial charge in [-0.05, 0) is 42.7 Å². The van der Waals surface area contributed by atoms with Gasteiger partial charge in [-0.1, -0.05) is 42.5 Å². The molecule has 1 aliphatic rings. The summed E-state index contributed by atoms with van der Waals surface area (Å²) in [4.78, 5) is 25.5. The van der Waals surface area contributed by atoms with E-state index in [2.05, 4.69) is 19.1 Å². The third-order valence-corrected chi connectivity index (χ3v) is 4.74. The Bertz CT molecular complexity index is 781. The molecule has 0 spiro atoms. The van der Waals surface area contributed by atoms with Crippen LogP contribution < -0.4 is 5.73 Å². The third kappa shape index (κ3) is 3.97. The molecule has 4 nitrogen and oxygen atoms in total. The maximum Gasteiger partial charge on any atom is 0.248 e. The lowest BCUT2D eigenvalue weighted by molar-refractivity contribution is -0.126. The molecule has 2 atom stereocenters. The molecule has 2 aromatic rings. The number of benzene rings is 2. The first-order valence-corrected chi connectivity index (χ1v) is 8.48. The number of likely N-dealkylation sites (tertiary alicyclic amines) is 1. The minimum atomic E-state index is -0.454. The van der Waals surface area contributed by atoms with Gasteiger partial charge in [0.25, 0.3) is 0 Å². The minimum absolute atomic E-state index is 0.0184. The molecule has 0 saturated carbocycles. The largest absolute Gasteiger partial charge is 0.366 e. The van der Waals surface area contributed by atoms with E-state index >= 15 is 0 Å². The summed E-state index contributed by atoms with van der Waals surface area (Å²) >= 11 is 0. The van der Waals surface area contributed by atoms with E-state index in [9.17, 15) is 9.59 Å². The number of rotatable bonds is 4. The van der Waals surface area contributed by atoms with Crippen LogP contribution in [0.3, 0.4) is 0 Å². The van der Waals surface area contributed by atoms with Crippen molar-refractivity contribution in [2.75, 3.05) is 6.54 Å². The number of primary amides is 1. The molecule has 0 bridgehead atoms. The Labute approximate surface area is 148 Å². The second kappa shape index (κ2) is 7.34. The van der Waals surface area contributed by atoms with Crippen LogP contribution in [0.15, 0.2) is 60.7 Å². The minimum Gasteiger partial charge on any atom is -0.366 e. The summed E-state index contributed by atoms with van der Waals surface area (Å²) in [6.07, 6.45) is 4.36. The van der Waals surface area contributed by atoms with Crippen molar-refractivity contribution in [1.82, 2.24) is 4.90 Å². The Morgan fingerprint density at radius 3 is 2.40 bits per heavy atom. The number of nitrogens with zero attached hydrogens (tertiary/aromatic N) is 1. The van der Waals surface area contributed by atoms with E-state index in [1.165, 1.54) is 5.56 Å². The molecule has 0 aromatic heterocycles. The van der Waals surface area contributed by atoms with E-state index in [0.717, 1.165) is 18.5 Å². The molecule has 2 amide bonds. The zero-order valence-electron chi connectivity index (χ0n) is 14.3. The molecular formula is C21H22N2O2. The number of hydrogen-bond donors (Lipinski definition) is 1. The van der Waals surface area contributed by atoms with Gasteiger partial charge >= 0.3 is 0 Å². The van der Waals surface area contributed by atoms with Gasteiger partial charge in [-0.15, -0.1) is 0 Å². The van der Waals surface area contributed by atoms with E-state index in [-0.39, 0.29) is 11.9 Å². The number of amides is 2. The van der Waals surface area contributed by atoms with Crippen molar-refractivity contribution in [2.45, 2.75) is 25.3 Å². The zero-order chi connectivity index (χ0) is 17.8. The van der Waals surface area contributed by atoms with Gasteiger partial charge in [0.2, 0.25) is 11.8 Å². The predicted molar refractivity (Wildman–Crippen MR) is 99.0 cm³/mol. The van der Waals surface area contributed by atoms with Crippen LogP contribution in [0.4, 0.5) is 0 Å². The summed E-state index contributed by atoms with van der Waals surface area (Å²) in [5, 5.41) is 0. The fourth-order valence-electron chi connectivity index (χ4n) is 3.33. The van der Waals surface area contributed by atoms with Gasteiger partial charge in [0.1, 0.15) is 0 Å². The molecule has 25 heavy (non-hydrogen) atoms. The number of carbonyl (C=O) groups is 2. The van der Waals surface area contributed by atoms with Crippen LogP contribution in [0.25, 0.3) is 6.08 Å². The number of carbonyl (C=O) groups excluding carboxylic acids is 2. The first-order chi connectivity index (χ1) is 12.0. The fraction of sp³-hybridized carbons (Fsp3) is 0.238. The fourth-order valence-corrected chi connectivity index (χ4v) is 3.33. The Hall–Kier alpha value is -2.88. The molecule has 1 fully saturated rings. The van der Waals surface area contributed by atoms with Crippen LogP contribution in [-0.2, 0) is 4.79 Å². The Morgan fingerprint density at radius 1 is 1.08 bits per heavy atom. The lowest BCUT2D eigenvalue weighted by Crippen LogP contribution is -2.32. The van der Waals surface area contributed by atoms with Crippen LogP contribution in [0.2, 0.25) is 0 Å².